The molecule has 6 heteroatoms. The maximum Gasteiger partial charge on any atom is 0.240 e. The van der Waals surface area contributed by atoms with Crippen molar-refractivity contribution in [2.75, 3.05) is 37.8 Å². The van der Waals surface area contributed by atoms with Gasteiger partial charge in [0.15, 0.2) is 0 Å². The third-order valence-corrected chi connectivity index (χ3v) is 8.17. The van der Waals surface area contributed by atoms with Crippen LogP contribution in [-0.2, 0) is 7.05 Å². The summed E-state index contributed by atoms with van der Waals surface area (Å²) in [4.78, 5) is 7.58. The number of fused-ring (bicyclic) bond motifs is 4. The van der Waals surface area contributed by atoms with E-state index in [0.29, 0.717) is 0 Å². The predicted octanol–water partition coefficient (Wildman–Crippen LogP) is 3.70. The Morgan fingerprint density at radius 2 is 1.68 bits per heavy atom. The number of benzene rings is 3. The molecule has 1 aliphatic rings. The van der Waals surface area contributed by atoms with Gasteiger partial charge in [0.05, 0.1) is 22.0 Å². The lowest BCUT2D eigenvalue weighted by molar-refractivity contribution is -0.616. The zero-order chi connectivity index (χ0) is 24.5. The van der Waals surface area contributed by atoms with Crippen LogP contribution in [-0.4, -0.2) is 42.3 Å². The number of nitrogens with zero attached hydrogens (tertiary/aromatic N) is 2. The second-order valence-electron chi connectivity index (χ2n) is 9.69. The molecule has 190 valence electrons. The van der Waals surface area contributed by atoms with Crippen molar-refractivity contribution in [1.29, 1.82) is 0 Å². The highest BCUT2D eigenvalue weighted by atomic mass is 127. The van der Waals surface area contributed by atoms with Gasteiger partial charge in [-0.15, -0.1) is 11.8 Å². The molecule has 2 aromatic heterocycles. The quantitative estimate of drug-likeness (QED) is 0.126. The minimum absolute atomic E-state index is 0. The van der Waals surface area contributed by atoms with Crippen molar-refractivity contribution in [3.05, 3.63) is 77.9 Å². The van der Waals surface area contributed by atoms with Crippen LogP contribution in [0.25, 0.3) is 45.0 Å². The molecule has 4 nitrogen and oxygen atoms in total. The fraction of sp³-hybridized carbons (Fsp3) is 0.258. The third kappa shape index (κ3) is 5.24. The number of aryl methyl sites for hydroxylation is 1. The van der Waals surface area contributed by atoms with Crippen LogP contribution in [0.3, 0.4) is 0 Å². The fourth-order valence-corrected chi connectivity index (χ4v) is 5.91. The molecule has 0 atom stereocenters. The molecule has 0 saturated carbocycles. The minimum Gasteiger partial charge on any atom is -1.00 e. The van der Waals surface area contributed by atoms with E-state index in [-0.39, 0.29) is 24.0 Å². The number of halogens is 1. The second kappa shape index (κ2) is 11.5. The third-order valence-electron chi connectivity index (χ3n) is 7.43. The van der Waals surface area contributed by atoms with Crippen LogP contribution in [0.4, 0.5) is 5.69 Å². The van der Waals surface area contributed by atoms with Gasteiger partial charge in [0.2, 0.25) is 11.0 Å². The van der Waals surface area contributed by atoms with Crippen molar-refractivity contribution >= 4 is 62.4 Å². The van der Waals surface area contributed by atoms with Gasteiger partial charge in [-0.05, 0) is 79.7 Å². The van der Waals surface area contributed by atoms with Gasteiger partial charge in [-0.3, -0.25) is 0 Å². The second-order valence-corrected chi connectivity index (χ2v) is 10.6. The SMILES string of the molecule is CSc1ccc(/C=C/c2ccc3c(c2)c(NCCN2CCCC2)c2[nH]c4ccccc4c2[n+]3C)cc1.[I-]. The summed E-state index contributed by atoms with van der Waals surface area (Å²) in [5, 5.41) is 6.36. The molecule has 2 N–H and O–H groups in total. The van der Waals surface area contributed by atoms with Crippen LogP contribution in [0, 0.1) is 0 Å². The lowest BCUT2D eigenvalue weighted by Gasteiger charge is -2.16. The smallest absolute Gasteiger partial charge is 0.240 e. The molecule has 0 radical (unpaired) electrons. The number of H-pyrrole nitrogens is 1. The Kier molecular flexibility index (Phi) is 8.07. The van der Waals surface area contributed by atoms with Crippen LogP contribution in [0.1, 0.15) is 24.0 Å². The first kappa shape index (κ1) is 26.1. The van der Waals surface area contributed by atoms with E-state index < -0.39 is 0 Å². The van der Waals surface area contributed by atoms with Crippen LogP contribution < -0.4 is 33.9 Å². The summed E-state index contributed by atoms with van der Waals surface area (Å²) in [6.45, 7) is 4.46. The highest BCUT2D eigenvalue weighted by molar-refractivity contribution is 7.98. The molecule has 0 bridgehead atoms. The molecular formula is C31H33IN4S. The number of hydrogen-bond acceptors (Lipinski definition) is 3. The first-order valence-corrected chi connectivity index (χ1v) is 14.1. The minimum atomic E-state index is 0. The normalized spacial score (nSPS) is 14.2. The number of hydrogen-bond donors (Lipinski definition) is 2. The molecule has 3 heterocycles. The number of anilines is 1. The lowest BCUT2D eigenvalue weighted by Crippen LogP contribution is -3.00. The van der Waals surface area contributed by atoms with Crippen molar-refractivity contribution in [2.45, 2.75) is 17.7 Å². The van der Waals surface area contributed by atoms with Gasteiger partial charge in [0.1, 0.15) is 12.6 Å². The average molecular weight is 621 g/mol. The number of thioether (sulfide) groups is 1. The number of para-hydroxylation sites is 1. The number of aromatic amines is 1. The summed E-state index contributed by atoms with van der Waals surface area (Å²) in [6, 6.07) is 24.2. The number of aromatic nitrogens is 2. The average Bonchev–Trinajstić information content (AvgIpc) is 3.57. The number of pyridine rings is 1. The summed E-state index contributed by atoms with van der Waals surface area (Å²) >= 11 is 1.77. The zero-order valence-corrected chi connectivity index (χ0v) is 24.4. The van der Waals surface area contributed by atoms with E-state index in [0.717, 1.165) is 13.1 Å². The number of rotatable bonds is 7. The molecular weight excluding hydrogens is 587 g/mol. The van der Waals surface area contributed by atoms with Crippen molar-refractivity contribution in [2.24, 2.45) is 7.05 Å². The largest absolute Gasteiger partial charge is 1.00 e. The predicted molar refractivity (Wildman–Crippen MR) is 156 cm³/mol. The van der Waals surface area contributed by atoms with E-state index in [4.69, 9.17) is 0 Å². The van der Waals surface area contributed by atoms with Gasteiger partial charge in [-0.25, -0.2) is 0 Å². The Morgan fingerprint density at radius 1 is 0.946 bits per heavy atom. The Labute approximate surface area is 240 Å². The van der Waals surface area contributed by atoms with E-state index >= 15 is 0 Å². The summed E-state index contributed by atoms with van der Waals surface area (Å²) in [6.07, 6.45) is 9.18. The monoisotopic (exact) mass is 620 g/mol. The highest BCUT2D eigenvalue weighted by Gasteiger charge is 2.23. The summed E-state index contributed by atoms with van der Waals surface area (Å²) < 4.78 is 2.34. The number of nitrogens with one attached hydrogen (secondary N) is 2. The Hall–Kier alpha value is -2.55. The van der Waals surface area contributed by atoms with Gasteiger partial charge in [-0.2, -0.15) is 4.57 Å². The summed E-state index contributed by atoms with van der Waals surface area (Å²) in [7, 11) is 2.18. The maximum absolute atomic E-state index is 3.85. The molecule has 0 unspecified atom stereocenters. The zero-order valence-electron chi connectivity index (χ0n) is 21.4. The van der Waals surface area contributed by atoms with Crippen molar-refractivity contribution in [3.8, 4) is 0 Å². The van der Waals surface area contributed by atoms with E-state index in [2.05, 4.69) is 112 Å². The van der Waals surface area contributed by atoms with E-state index in [1.54, 1.807) is 11.8 Å². The number of likely N-dealkylation sites (tertiary alicyclic amines) is 1. The maximum atomic E-state index is 3.85. The highest BCUT2D eigenvalue weighted by Crippen LogP contribution is 2.34. The van der Waals surface area contributed by atoms with Crippen molar-refractivity contribution in [3.63, 3.8) is 0 Å². The first-order valence-electron chi connectivity index (χ1n) is 12.9. The van der Waals surface area contributed by atoms with Gasteiger partial charge in [0.25, 0.3) is 0 Å². The molecule has 0 spiro atoms. The lowest BCUT2D eigenvalue weighted by atomic mass is 10.1. The molecule has 37 heavy (non-hydrogen) atoms. The van der Waals surface area contributed by atoms with Crippen LogP contribution >= 0.6 is 11.8 Å². The summed E-state index contributed by atoms with van der Waals surface area (Å²) in [5.41, 5.74) is 8.46. The van der Waals surface area contributed by atoms with Crippen LogP contribution in [0.5, 0.6) is 0 Å². The molecule has 3 aromatic carbocycles. The van der Waals surface area contributed by atoms with Gasteiger partial charge in [-0.1, -0.05) is 36.4 Å². The molecule has 6 rings (SSSR count). The Balaban J connectivity index is 0.00000280. The topological polar surface area (TPSA) is 34.9 Å². The van der Waals surface area contributed by atoms with E-state index in [1.807, 2.05) is 0 Å². The first-order chi connectivity index (χ1) is 17.7. The van der Waals surface area contributed by atoms with E-state index in [1.165, 1.54) is 80.5 Å². The molecule has 1 saturated heterocycles. The molecule has 0 aliphatic carbocycles. The van der Waals surface area contributed by atoms with Crippen molar-refractivity contribution < 1.29 is 28.5 Å². The van der Waals surface area contributed by atoms with E-state index in [9.17, 15) is 0 Å². The standard InChI is InChI=1S/C31H32N4S.HI/c1-34-28-16-13-23(10-9-22-11-14-24(36-2)15-12-22)21-26(28)29(32-17-20-35-18-5-6-19-35)30-31(34)25-7-3-4-8-27(25)33-30;/h3-4,7-16,21H,5-6,17-20H2,1-2H3,(H,32,33);1H/b10-9+;. The molecule has 1 fully saturated rings. The molecule has 1 aliphatic heterocycles. The fourth-order valence-electron chi connectivity index (χ4n) is 5.50. The molecule has 0 amide bonds. The summed E-state index contributed by atoms with van der Waals surface area (Å²) in [5.74, 6) is 0. The van der Waals surface area contributed by atoms with Gasteiger partial charge >= 0.3 is 0 Å². The van der Waals surface area contributed by atoms with Crippen molar-refractivity contribution in [1.82, 2.24) is 9.88 Å². The Morgan fingerprint density at radius 3 is 2.46 bits per heavy atom. The van der Waals surface area contributed by atoms with Crippen LogP contribution in [0.2, 0.25) is 0 Å². The van der Waals surface area contributed by atoms with Gasteiger partial charge in [0, 0.05) is 24.1 Å². The van der Waals surface area contributed by atoms with Crippen LogP contribution in [0.15, 0.2) is 71.6 Å². The van der Waals surface area contributed by atoms with Gasteiger partial charge < -0.3 is 39.2 Å². The Bertz CT molecular complexity index is 1570. The molecule has 5 aromatic rings.